The van der Waals surface area contributed by atoms with Crippen LogP contribution < -0.4 is 0 Å². The fourth-order valence-corrected chi connectivity index (χ4v) is 8.55. The van der Waals surface area contributed by atoms with Gasteiger partial charge in [0.1, 0.15) is 0 Å². The Morgan fingerprint density at radius 3 is 1.61 bits per heavy atom. The van der Waals surface area contributed by atoms with Gasteiger partial charge in [0.15, 0.2) is 0 Å². The Balaban J connectivity index is 1.19. The van der Waals surface area contributed by atoms with Gasteiger partial charge in [-0.15, -0.1) is 0 Å². The Labute approximate surface area is 298 Å². The highest BCUT2D eigenvalue weighted by atomic mass is 15.0. The van der Waals surface area contributed by atoms with Gasteiger partial charge in [-0.1, -0.05) is 113 Å². The van der Waals surface area contributed by atoms with E-state index in [-0.39, 0.29) is 10.8 Å². The number of benzene rings is 7. The first-order valence-electron chi connectivity index (χ1n) is 18.1. The summed E-state index contributed by atoms with van der Waals surface area (Å²) in [5.74, 6) is 0. The van der Waals surface area contributed by atoms with Gasteiger partial charge in [0.05, 0.1) is 33.5 Å². The minimum absolute atomic E-state index is 0.114. The highest BCUT2D eigenvalue weighted by Crippen LogP contribution is 2.49. The van der Waals surface area contributed by atoms with E-state index in [1.54, 1.807) is 0 Å². The van der Waals surface area contributed by atoms with Gasteiger partial charge < -0.3 is 4.57 Å². The Kier molecular flexibility index (Phi) is 6.39. The predicted molar refractivity (Wildman–Crippen MR) is 215 cm³/mol. The number of hydrogen-bond donors (Lipinski definition) is 0. The topological polar surface area (TPSA) is 30.7 Å². The van der Waals surface area contributed by atoms with Gasteiger partial charge in [0.2, 0.25) is 0 Å². The first-order chi connectivity index (χ1) is 24.7. The van der Waals surface area contributed by atoms with Crippen molar-refractivity contribution in [2.24, 2.45) is 0 Å². The van der Waals surface area contributed by atoms with Crippen LogP contribution in [0, 0.1) is 0 Å². The zero-order valence-corrected chi connectivity index (χ0v) is 29.5. The molecule has 2 heterocycles. The number of fused-ring (bicyclic) bond motifs is 7. The van der Waals surface area contributed by atoms with E-state index in [1.165, 1.54) is 67.3 Å². The van der Waals surface area contributed by atoms with Crippen molar-refractivity contribution < 1.29 is 0 Å². The molecule has 0 amide bonds. The largest absolute Gasteiger partial charge is 0.309 e. The van der Waals surface area contributed by atoms with Gasteiger partial charge in [-0.2, -0.15) is 0 Å². The van der Waals surface area contributed by atoms with Crippen LogP contribution in [0.2, 0.25) is 0 Å². The van der Waals surface area contributed by atoms with Gasteiger partial charge in [0.25, 0.3) is 0 Å². The molecular weight excluding hydrogens is 619 g/mol. The molecule has 0 fully saturated rings. The van der Waals surface area contributed by atoms with Crippen molar-refractivity contribution in [3.05, 3.63) is 151 Å². The lowest BCUT2D eigenvalue weighted by molar-refractivity contribution is 0.332. The van der Waals surface area contributed by atoms with E-state index >= 15 is 0 Å². The summed E-state index contributed by atoms with van der Waals surface area (Å²) in [7, 11) is 0. The van der Waals surface area contributed by atoms with Crippen LogP contribution in [0.4, 0.5) is 0 Å². The molecule has 51 heavy (non-hydrogen) atoms. The zero-order valence-electron chi connectivity index (χ0n) is 29.5. The first-order valence-corrected chi connectivity index (χ1v) is 18.1. The lowest BCUT2D eigenvalue weighted by Crippen LogP contribution is -2.33. The molecule has 0 atom stereocenters. The summed E-state index contributed by atoms with van der Waals surface area (Å²) >= 11 is 0. The predicted octanol–water partition coefficient (Wildman–Crippen LogP) is 12.7. The monoisotopic (exact) mass is 657 g/mol. The van der Waals surface area contributed by atoms with Gasteiger partial charge in [-0.05, 0) is 111 Å². The second-order valence-corrected chi connectivity index (χ2v) is 15.8. The lowest BCUT2D eigenvalue weighted by atomic mass is 9.63. The average molecular weight is 658 g/mol. The van der Waals surface area contributed by atoms with Crippen molar-refractivity contribution >= 4 is 54.4 Å². The minimum Gasteiger partial charge on any atom is -0.309 e. The Bertz CT molecular complexity index is 2850. The smallest absolute Gasteiger partial charge is 0.0973 e. The summed E-state index contributed by atoms with van der Waals surface area (Å²) < 4.78 is 2.48. The van der Waals surface area contributed by atoms with E-state index in [2.05, 4.69) is 154 Å². The van der Waals surface area contributed by atoms with Crippen molar-refractivity contribution in [1.29, 1.82) is 0 Å². The fraction of sp³-hybridized carbons (Fsp3) is 0.167. The average Bonchev–Trinajstić information content (AvgIpc) is 3.47. The van der Waals surface area contributed by atoms with Crippen LogP contribution in [0.5, 0.6) is 0 Å². The van der Waals surface area contributed by atoms with Gasteiger partial charge in [-0.25, -0.2) is 9.97 Å². The molecule has 0 aliphatic heterocycles. The van der Waals surface area contributed by atoms with Crippen LogP contribution in [-0.2, 0) is 10.8 Å². The summed E-state index contributed by atoms with van der Waals surface area (Å²) in [6.45, 7) is 9.67. The van der Waals surface area contributed by atoms with Crippen molar-refractivity contribution in [3.63, 3.8) is 0 Å². The Morgan fingerprint density at radius 1 is 0.451 bits per heavy atom. The van der Waals surface area contributed by atoms with Crippen molar-refractivity contribution in [2.45, 2.75) is 51.4 Å². The van der Waals surface area contributed by atoms with Crippen LogP contribution in [0.25, 0.3) is 82.6 Å². The molecular formula is C48H39N3. The van der Waals surface area contributed by atoms with Crippen LogP contribution in [0.15, 0.2) is 140 Å². The van der Waals surface area contributed by atoms with Crippen molar-refractivity contribution in [3.8, 4) is 28.2 Å². The minimum atomic E-state index is 0.114. The van der Waals surface area contributed by atoms with E-state index in [1.807, 2.05) is 18.2 Å². The highest BCUT2D eigenvalue weighted by Gasteiger charge is 2.38. The van der Waals surface area contributed by atoms with E-state index < -0.39 is 0 Å². The highest BCUT2D eigenvalue weighted by molar-refractivity contribution is 6.14. The molecule has 1 aliphatic rings. The molecule has 7 aromatic carbocycles. The van der Waals surface area contributed by atoms with Crippen LogP contribution in [-0.4, -0.2) is 14.5 Å². The Hall–Kier alpha value is -5.80. The van der Waals surface area contributed by atoms with Crippen molar-refractivity contribution in [2.75, 3.05) is 0 Å². The van der Waals surface area contributed by atoms with Crippen LogP contribution in [0.1, 0.15) is 51.7 Å². The normalized spacial score (nSPS) is 15.2. The van der Waals surface area contributed by atoms with Crippen molar-refractivity contribution in [1.82, 2.24) is 14.5 Å². The van der Waals surface area contributed by atoms with Crippen LogP contribution >= 0.6 is 0 Å². The third kappa shape index (κ3) is 4.72. The summed E-state index contributed by atoms with van der Waals surface area (Å²) in [5, 5.41) is 7.56. The van der Waals surface area contributed by atoms with Gasteiger partial charge in [0, 0.05) is 27.6 Å². The SMILES string of the molecule is CC1(C)CCC(C)(C)c2cc3c(cc21)c1cc2ccccc2cc1n3-c1ccc(-c2nc3ccccc3nc2-c2ccc3ccccc3c2)cc1. The molecule has 0 radical (unpaired) electrons. The quantitative estimate of drug-likeness (QED) is 0.189. The molecule has 3 nitrogen and oxygen atoms in total. The van der Waals surface area contributed by atoms with E-state index in [0.717, 1.165) is 39.2 Å². The number of nitrogens with zero attached hydrogens (tertiary/aromatic N) is 3. The second kappa shape index (κ2) is 10.8. The zero-order chi connectivity index (χ0) is 34.5. The number of rotatable bonds is 3. The summed E-state index contributed by atoms with van der Waals surface area (Å²) in [6, 6.07) is 50.8. The van der Waals surface area contributed by atoms with E-state index in [9.17, 15) is 0 Å². The molecule has 0 bridgehead atoms. The molecule has 0 saturated carbocycles. The second-order valence-electron chi connectivity index (χ2n) is 15.8. The molecule has 2 aromatic heterocycles. The molecule has 10 rings (SSSR count). The number of para-hydroxylation sites is 2. The van der Waals surface area contributed by atoms with E-state index in [0.29, 0.717) is 0 Å². The Morgan fingerprint density at radius 2 is 0.941 bits per heavy atom. The lowest BCUT2D eigenvalue weighted by Gasteiger charge is -2.42. The molecule has 0 saturated heterocycles. The van der Waals surface area contributed by atoms with Gasteiger partial charge in [-0.3, -0.25) is 0 Å². The third-order valence-corrected chi connectivity index (χ3v) is 11.6. The molecule has 0 spiro atoms. The molecule has 0 N–H and O–H groups in total. The third-order valence-electron chi connectivity index (χ3n) is 11.6. The van der Waals surface area contributed by atoms with E-state index in [4.69, 9.17) is 9.97 Å². The molecule has 3 heteroatoms. The first kappa shape index (κ1) is 30.1. The molecule has 246 valence electrons. The molecule has 0 unspecified atom stereocenters. The summed E-state index contributed by atoms with van der Waals surface area (Å²) in [6.07, 6.45) is 2.38. The number of aromatic nitrogens is 3. The fourth-order valence-electron chi connectivity index (χ4n) is 8.55. The standard InChI is InChI=1S/C48H39N3/c1-47(2)23-24-48(3,4)40-29-44-38(28-39(40)47)37-26-33-13-7-8-14-34(33)27-43(37)51(44)36-21-19-31(20-22-36)45-46(50-42-16-10-9-15-41(42)49-45)35-18-17-30-11-5-6-12-32(30)25-35/h5-22,25-29H,23-24H2,1-4H3. The molecule has 9 aromatic rings. The van der Waals surface area contributed by atoms with Crippen LogP contribution in [0.3, 0.4) is 0 Å². The summed E-state index contributed by atoms with van der Waals surface area (Å²) in [4.78, 5) is 10.4. The maximum atomic E-state index is 5.24. The maximum Gasteiger partial charge on any atom is 0.0973 e. The summed E-state index contributed by atoms with van der Waals surface area (Å²) in [5.41, 5.74) is 12.5. The molecule has 1 aliphatic carbocycles. The maximum absolute atomic E-state index is 5.24. The number of hydrogen-bond acceptors (Lipinski definition) is 2. The van der Waals surface area contributed by atoms with Gasteiger partial charge >= 0.3 is 0 Å².